The van der Waals surface area contributed by atoms with E-state index in [1.165, 1.54) is 0 Å². The van der Waals surface area contributed by atoms with E-state index in [9.17, 15) is 50.6 Å². The number of aliphatic hydroxyl groups is 1. The first-order chi connectivity index (χ1) is 18.1. The number of nitrogens with zero attached hydrogens (tertiary/aromatic N) is 2. The van der Waals surface area contributed by atoms with Crippen LogP contribution in [0.2, 0.25) is 0 Å². The molecular formula is C25H18F6N2O6. The predicted molar refractivity (Wildman–Crippen MR) is 124 cm³/mol. The van der Waals surface area contributed by atoms with Gasteiger partial charge in [-0.15, -0.1) is 0 Å². The number of alkyl halides is 6. The summed E-state index contributed by atoms with van der Waals surface area (Å²) >= 11 is 0. The second-order valence-corrected chi connectivity index (χ2v) is 8.12. The van der Waals surface area contributed by atoms with Crippen LogP contribution in [0.4, 0.5) is 26.3 Å². The van der Waals surface area contributed by atoms with Gasteiger partial charge >= 0.3 is 24.0 Å². The number of carbonyl (C=O) groups excluding carboxylic acids is 2. The van der Waals surface area contributed by atoms with Crippen molar-refractivity contribution in [2.75, 3.05) is 7.11 Å². The third-order valence-electron chi connectivity index (χ3n) is 5.42. The molecule has 0 saturated carbocycles. The van der Waals surface area contributed by atoms with Crippen LogP contribution in [0.25, 0.3) is 5.76 Å². The molecule has 2 aromatic carbocycles. The number of halogens is 6. The lowest BCUT2D eigenvalue weighted by atomic mass is 10.1. The summed E-state index contributed by atoms with van der Waals surface area (Å²) in [5, 5.41) is 10.4. The van der Waals surface area contributed by atoms with Crippen molar-refractivity contribution >= 4 is 17.5 Å². The summed E-state index contributed by atoms with van der Waals surface area (Å²) < 4.78 is 82.9. The van der Waals surface area contributed by atoms with Gasteiger partial charge in [0.1, 0.15) is 5.76 Å². The molecule has 1 N–H and O–H groups in total. The fraction of sp³-hybridized carbons (Fsp3) is 0.200. The van der Waals surface area contributed by atoms with Crippen LogP contribution < -0.4 is 11.2 Å². The van der Waals surface area contributed by atoms with E-state index in [1.807, 2.05) is 0 Å². The van der Waals surface area contributed by atoms with Crippen molar-refractivity contribution < 1.29 is 45.8 Å². The van der Waals surface area contributed by atoms with Crippen LogP contribution in [0.5, 0.6) is 0 Å². The summed E-state index contributed by atoms with van der Waals surface area (Å²) in [5.74, 6) is -3.74. The van der Waals surface area contributed by atoms with Crippen LogP contribution in [0, 0.1) is 0 Å². The van der Waals surface area contributed by atoms with Crippen molar-refractivity contribution in [1.82, 2.24) is 9.13 Å². The van der Waals surface area contributed by atoms with Crippen LogP contribution in [-0.4, -0.2) is 33.1 Å². The van der Waals surface area contributed by atoms with Crippen molar-refractivity contribution in [2.45, 2.75) is 25.4 Å². The molecule has 0 atom stereocenters. The Balaban J connectivity index is 2.11. The maximum absolute atomic E-state index is 13.1. The van der Waals surface area contributed by atoms with Gasteiger partial charge in [-0.3, -0.25) is 18.7 Å². The summed E-state index contributed by atoms with van der Waals surface area (Å²) in [7, 11) is 0.895. The van der Waals surface area contributed by atoms with Gasteiger partial charge < -0.3 is 9.84 Å². The van der Waals surface area contributed by atoms with Crippen LogP contribution in [0.15, 0.2) is 70.4 Å². The molecule has 39 heavy (non-hydrogen) atoms. The number of methoxy groups -OCH3 is 1. The van der Waals surface area contributed by atoms with Gasteiger partial charge in [0.25, 0.3) is 11.3 Å². The second-order valence-electron chi connectivity index (χ2n) is 8.12. The molecule has 0 unspecified atom stereocenters. The smallest absolute Gasteiger partial charge is 0.416 e. The van der Waals surface area contributed by atoms with E-state index in [-0.39, 0.29) is 11.1 Å². The Morgan fingerprint density at radius 1 is 0.846 bits per heavy atom. The molecule has 1 aromatic heterocycles. The molecule has 0 bridgehead atoms. The summed E-state index contributed by atoms with van der Waals surface area (Å²) in [6.07, 6.45) is -8.04. The zero-order valence-corrected chi connectivity index (χ0v) is 19.8. The number of carbonyl (C=O) groups is 2. The third-order valence-corrected chi connectivity index (χ3v) is 5.42. The van der Waals surface area contributed by atoms with Crippen LogP contribution in [0.3, 0.4) is 0 Å². The molecule has 206 valence electrons. The first-order valence-electron chi connectivity index (χ1n) is 10.8. The first kappa shape index (κ1) is 28.9. The minimum absolute atomic E-state index is 0.0922. The van der Waals surface area contributed by atoms with E-state index in [4.69, 9.17) is 0 Å². The maximum atomic E-state index is 13.1. The van der Waals surface area contributed by atoms with E-state index in [0.29, 0.717) is 10.6 Å². The Labute approximate surface area is 215 Å². The predicted octanol–water partition coefficient (Wildman–Crippen LogP) is 3.79. The van der Waals surface area contributed by atoms with Gasteiger partial charge in [-0.2, -0.15) is 26.3 Å². The third kappa shape index (κ3) is 6.83. The molecule has 0 amide bonds. The summed E-state index contributed by atoms with van der Waals surface area (Å²) in [4.78, 5) is 49.4. The molecular weight excluding hydrogens is 538 g/mol. The SMILES string of the molecule is COC(=O)C(=O)/C=C(\O)c1cn(Cc2ccc(C(F)(F)F)cc2)c(=O)n(Cc2ccc(C(F)(F)F)cc2)c1=O. The van der Waals surface area contributed by atoms with E-state index in [1.54, 1.807) is 0 Å². The van der Waals surface area contributed by atoms with Crippen molar-refractivity contribution in [1.29, 1.82) is 0 Å². The van der Waals surface area contributed by atoms with Crippen LogP contribution >= 0.6 is 0 Å². The summed E-state index contributed by atoms with van der Waals surface area (Å²) in [6, 6.07) is 7.22. The Morgan fingerprint density at radius 3 is 1.74 bits per heavy atom. The number of aliphatic hydroxyl groups excluding tert-OH is 1. The van der Waals surface area contributed by atoms with E-state index >= 15 is 0 Å². The van der Waals surface area contributed by atoms with Gasteiger partial charge in [-0.05, 0) is 35.4 Å². The fourth-order valence-corrected chi connectivity index (χ4v) is 3.42. The Kier molecular flexibility index (Phi) is 8.17. The average Bonchev–Trinajstić information content (AvgIpc) is 2.87. The molecule has 1 heterocycles. The average molecular weight is 556 g/mol. The highest BCUT2D eigenvalue weighted by Crippen LogP contribution is 2.30. The highest BCUT2D eigenvalue weighted by molar-refractivity contribution is 6.39. The molecule has 0 aliphatic rings. The summed E-state index contributed by atoms with van der Waals surface area (Å²) in [5.41, 5.74) is -4.47. The standard InChI is InChI=1S/C25H18F6N2O6/c1-39-22(37)20(35)10-19(34)18-13-32(11-14-2-6-16(7-3-14)24(26,27)28)23(38)33(21(18)36)12-15-4-8-17(9-5-15)25(29,30)31/h2-10,13,34H,11-12H2,1H3/b19-10-. The summed E-state index contributed by atoms with van der Waals surface area (Å²) in [6.45, 7) is -0.954. The van der Waals surface area contributed by atoms with Crippen molar-refractivity contribution in [3.05, 3.63) is 109 Å². The molecule has 0 aliphatic heterocycles. The van der Waals surface area contributed by atoms with Crippen molar-refractivity contribution in [3.63, 3.8) is 0 Å². The Bertz CT molecular complexity index is 1530. The molecule has 0 fully saturated rings. The number of ketones is 1. The minimum Gasteiger partial charge on any atom is -0.507 e. The monoisotopic (exact) mass is 556 g/mol. The van der Waals surface area contributed by atoms with Crippen molar-refractivity contribution in [3.8, 4) is 0 Å². The van der Waals surface area contributed by atoms with E-state index < -0.39 is 70.9 Å². The fourth-order valence-electron chi connectivity index (χ4n) is 3.42. The van der Waals surface area contributed by atoms with Gasteiger partial charge in [0.05, 0.1) is 36.9 Å². The second kappa shape index (κ2) is 11.0. The van der Waals surface area contributed by atoms with Crippen LogP contribution in [0.1, 0.15) is 27.8 Å². The molecule has 8 nitrogen and oxygen atoms in total. The largest absolute Gasteiger partial charge is 0.507 e. The number of rotatable bonds is 7. The lowest BCUT2D eigenvalue weighted by molar-refractivity contribution is -0.149. The maximum Gasteiger partial charge on any atom is 0.416 e. The molecule has 0 saturated heterocycles. The normalized spacial score (nSPS) is 12.3. The molecule has 3 aromatic rings. The van der Waals surface area contributed by atoms with Gasteiger partial charge in [0.15, 0.2) is 0 Å². The van der Waals surface area contributed by atoms with Gasteiger partial charge in [0.2, 0.25) is 0 Å². The number of hydrogen-bond acceptors (Lipinski definition) is 6. The molecule has 0 spiro atoms. The number of benzene rings is 2. The molecule has 0 aliphatic carbocycles. The van der Waals surface area contributed by atoms with E-state index in [2.05, 4.69) is 4.74 Å². The molecule has 0 radical (unpaired) electrons. The number of esters is 1. The molecule has 3 rings (SSSR count). The zero-order chi connectivity index (χ0) is 29.1. The highest BCUT2D eigenvalue weighted by atomic mass is 19.4. The molecule has 14 heteroatoms. The number of aromatic nitrogens is 2. The quantitative estimate of drug-likeness (QED) is 0.156. The Hall–Kier alpha value is -4.62. The first-order valence-corrected chi connectivity index (χ1v) is 10.8. The van der Waals surface area contributed by atoms with Gasteiger partial charge in [-0.1, -0.05) is 24.3 Å². The lowest BCUT2D eigenvalue weighted by Crippen LogP contribution is -2.41. The lowest BCUT2D eigenvalue weighted by Gasteiger charge is -2.14. The van der Waals surface area contributed by atoms with E-state index in [0.717, 1.165) is 66.4 Å². The minimum atomic E-state index is -4.63. The van der Waals surface area contributed by atoms with Gasteiger partial charge in [-0.25, -0.2) is 9.59 Å². The zero-order valence-electron chi connectivity index (χ0n) is 19.8. The topological polar surface area (TPSA) is 108 Å². The number of hydrogen-bond donors (Lipinski definition) is 1. The van der Waals surface area contributed by atoms with Crippen molar-refractivity contribution in [2.24, 2.45) is 0 Å². The van der Waals surface area contributed by atoms with Gasteiger partial charge in [0, 0.05) is 12.3 Å². The Morgan fingerprint density at radius 2 is 1.31 bits per heavy atom. The highest BCUT2D eigenvalue weighted by Gasteiger charge is 2.31. The number of ether oxygens (including phenoxy) is 1. The van der Waals surface area contributed by atoms with Crippen LogP contribution in [-0.2, 0) is 39.8 Å².